The Morgan fingerprint density at radius 2 is 1.73 bits per heavy atom. The molecule has 5 nitrogen and oxygen atoms in total. The summed E-state index contributed by atoms with van der Waals surface area (Å²) in [4.78, 5) is 31.2. The molecule has 3 aliphatic heterocycles. The number of nitrogens with zero attached hydrogens (tertiary/aromatic N) is 2. The van der Waals surface area contributed by atoms with E-state index >= 15 is 0 Å². The first-order valence-corrected chi connectivity index (χ1v) is 11.5. The summed E-state index contributed by atoms with van der Waals surface area (Å²) in [6, 6.07) is 24.4. The van der Waals surface area contributed by atoms with Gasteiger partial charge in [-0.05, 0) is 53.3 Å². The highest BCUT2D eigenvalue weighted by molar-refractivity contribution is 6.10. The highest BCUT2D eigenvalue weighted by Crippen LogP contribution is 2.54. The number of hydrogen-bond acceptors (Lipinski definition) is 4. The Morgan fingerprint density at radius 3 is 2.55 bits per heavy atom. The lowest BCUT2D eigenvalue weighted by atomic mass is 9.68. The van der Waals surface area contributed by atoms with Gasteiger partial charge < -0.3 is 9.64 Å². The van der Waals surface area contributed by atoms with Gasteiger partial charge in [-0.1, -0.05) is 54.6 Å². The third-order valence-corrected chi connectivity index (χ3v) is 7.59. The van der Waals surface area contributed by atoms with Crippen LogP contribution >= 0.6 is 0 Å². The number of imide groups is 1. The molecule has 5 heteroatoms. The summed E-state index contributed by atoms with van der Waals surface area (Å²) < 4.78 is 5.24. The molecule has 0 bridgehead atoms. The Bertz CT molecular complexity index is 1250. The van der Waals surface area contributed by atoms with Gasteiger partial charge in [0.05, 0.1) is 25.1 Å². The Kier molecular flexibility index (Phi) is 4.54. The van der Waals surface area contributed by atoms with Crippen LogP contribution in [0.1, 0.15) is 41.1 Å². The predicted octanol–water partition coefficient (Wildman–Crippen LogP) is 4.40. The van der Waals surface area contributed by atoms with Gasteiger partial charge in [0.15, 0.2) is 0 Å². The van der Waals surface area contributed by atoms with E-state index in [0.29, 0.717) is 6.42 Å². The molecular weight excluding hydrogens is 412 g/mol. The Morgan fingerprint density at radius 1 is 0.970 bits per heavy atom. The molecule has 166 valence electrons. The summed E-state index contributed by atoms with van der Waals surface area (Å²) in [5, 5.41) is 0. The van der Waals surface area contributed by atoms with E-state index in [9.17, 15) is 9.59 Å². The second-order valence-corrected chi connectivity index (χ2v) is 9.27. The first-order valence-electron chi connectivity index (χ1n) is 11.5. The van der Waals surface area contributed by atoms with Crippen LogP contribution in [0.5, 0.6) is 5.75 Å². The zero-order valence-electron chi connectivity index (χ0n) is 18.7. The first-order chi connectivity index (χ1) is 16.1. The van der Waals surface area contributed by atoms with Gasteiger partial charge in [0, 0.05) is 18.7 Å². The minimum atomic E-state index is -0.814. The van der Waals surface area contributed by atoms with Gasteiger partial charge in [-0.3, -0.25) is 14.5 Å². The van der Waals surface area contributed by atoms with Crippen LogP contribution in [-0.2, 0) is 28.0 Å². The van der Waals surface area contributed by atoms with E-state index in [-0.39, 0.29) is 30.8 Å². The number of benzene rings is 3. The molecule has 3 aliphatic rings. The van der Waals surface area contributed by atoms with Crippen molar-refractivity contribution in [2.24, 2.45) is 0 Å². The molecule has 0 aliphatic carbocycles. The number of ether oxygens (including phenoxy) is 1. The van der Waals surface area contributed by atoms with Crippen molar-refractivity contribution in [2.75, 3.05) is 18.6 Å². The van der Waals surface area contributed by atoms with E-state index in [4.69, 9.17) is 4.74 Å². The molecule has 33 heavy (non-hydrogen) atoms. The highest BCUT2D eigenvalue weighted by atomic mass is 16.5. The fraction of sp³-hybridized carbons (Fsp3) is 0.286. The van der Waals surface area contributed by atoms with Crippen molar-refractivity contribution in [3.8, 4) is 5.75 Å². The zero-order chi connectivity index (χ0) is 22.6. The molecule has 0 radical (unpaired) electrons. The maximum Gasteiger partial charge on any atom is 0.240 e. The molecule has 1 spiro atoms. The average molecular weight is 439 g/mol. The molecule has 2 amide bonds. The van der Waals surface area contributed by atoms with Crippen molar-refractivity contribution in [2.45, 2.75) is 37.3 Å². The van der Waals surface area contributed by atoms with E-state index < -0.39 is 5.41 Å². The average Bonchev–Trinajstić information content (AvgIpc) is 3.09. The van der Waals surface area contributed by atoms with Crippen LogP contribution in [0, 0.1) is 0 Å². The van der Waals surface area contributed by atoms with Crippen molar-refractivity contribution in [1.82, 2.24) is 4.90 Å². The topological polar surface area (TPSA) is 49.9 Å². The molecule has 1 saturated heterocycles. The lowest BCUT2D eigenvalue weighted by Crippen LogP contribution is -2.49. The summed E-state index contributed by atoms with van der Waals surface area (Å²) in [5.41, 5.74) is 4.83. The minimum Gasteiger partial charge on any atom is -0.497 e. The van der Waals surface area contributed by atoms with Gasteiger partial charge >= 0.3 is 0 Å². The van der Waals surface area contributed by atoms with Crippen LogP contribution in [0.15, 0.2) is 72.8 Å². The summed E-state index contributed by atoms with van der Waals surface area (Å²) >= 11 is 0. The zero-order valence-corrected chi connectivity index (χ0v) is 18.7. The lowest BCUT2D eigenvalue weighted by molar-refractivity contribution is -0.140. The molecular formula is C28H26N2O3. The van der Waals surface area contributed by atoms with Crippen molar-refractivity contribution in [1.29, 1.82) is 0 Å². The maximum atomic E-state index is 14.0. The lowest BCUT2D eigenvalue weighted by Gasteiger charge is -2.48. The van der Waals surface area contributed by atoms with E-state index in [1.54, 1.807) is 7.11 Å². The largest absolute Gasteiger partial charge is 0.497 e. The fourth-order valence-corrected chi connectivity index (χ4v) is 5.97. The monoisotopic (exact) mass is 438 g/mol. The van der Waals surface area contributed by atoms with Crippen molar-refractivity contribution in [3.05, 3.63) is 95.1 Å². The SMILES string of the molecule is COc1ccc(CN2C(=O)CC3(CC4c5ccccc5CCN4c4ccccc43)C2=O)cc1. The van der Waals surface area contributed by atoms with Gasteiger partial charge in [0.1, 0.15) is 5.75 Å². The highest BCUT2D eigenvalue weighted by Gasteiger charge is 2.57. The number of fused-ring (bicyclic) bond motifs is 6. The third-order valence-electron chi connectivity index (χ3n) is 7.59. The van der Waals surface area contributed by atoms with Crippen molar-refractivity contribution in [3.63, 3.8) is 0 Å². The number of para-hydroxylation sites is 1. The summed E-state index contributed by atoms with van der Waals surface area (Å²) in [6.45, 7) is 1.21. The Balaban J connectivity index is 1.41. The number of rotatable bonds is 3. The number of carbonyl (C=O) groups is 2. The minimum absolute atomic E-state index is 0.0709. The van der Waals surface area contributed by atoms with Gasteiger partial charge in [-0.2, -0.15) is 0 Å². The van der Waals surface area contributed by atoms with E-state index in [2.05, 4.69) is 35.2 Å². The van der Waals surface area contributed by atoms with Crippen molar-refractivity contribution >= 4 is 17.5 Å². The molecule has 3 aromatic carbocycles. The molecule has 2 atom stereocenters. The van der Waals surface area contributed by atoms with Gasteiger partial charge in [-0.15, -0.1) is 0 Å². The second-order valence-electron chi connectivity index (χ2n) is 9.27. The normalized spacial score (nSPS) is 23.4. The van der Waals surface area contributed by atoms with Gasteiger partial charge in [0.25, 0.3) is 0 Å². The summed E-state index contributed by atoms with van der Waals surface area (Å²) in [5.74, 6) is 0.591. The predicted molar refractivity (Wildman–Crippen MR) is 126 cm³/mol. The number of amides is 2. The number of hydrogen-bond donors (Lipinski definition) is 0. The summed E-state index contributed by atoms with van der Waals surface area (Å²) in [7, 11) is 1.62. The fourth-order valence-electron chi connectivity index (χ4n) is 5.97. The smallest absolute Gasteiger partial charge is 0.240 e. The molecule has 1 fully saturated rings. The third kappa shape index (κ3) is 2.99. The number of likely N-dealkylation sites (tertiary alicyclic amines) is 1. The van der Waals surface area contributed by atoms with E-state index in [0.717, 1.165) is 35.5 Å². The van der Waals surface area contributed by atoms with E-state index in [1.807, 2.05) is 42.5 Å². The molecule has 2 unspecified atom stereocenters. The molecule has 3 aromatic rings. The maximum absolute atomic E-state index is 14.0. The quantitative estimate of drug-likeness (QED) is 0.569. The standard InChI is InChI=1S/C28H26N2O3/c1-33-21-12-10-19(11-13-21)18-30-26(31)17-28(27(30)32)16-25-22-7-3-2-6-20(22)14-15-29(25)24-9-5-4-8-23(24)28/h2-13,25H,14-18H2,1H3. The molecule has 3 heterocycles. The van der Waals surface area contributed by atoms with Crippen LogP contribution < -0.4 is 9.64 Å². The molecule has 0 saturated carbocycles. The second kappa shape index (κ2) is 7.48. The molecule has 0 aromatic heterocycles. The Labute approximate surface area is 193 Å². The summed E-state index contributed by atoms with van der Waals surface area (Å²) in [6.07, 6.45) is 1.85. The molecule has 6 rings (SSSR count). The van der Waals surface area contributed by atoms with Crippen LogP contribution in [0.4, 0.5) is 5.69 Å². The van der Waals surface area contributed by atoms with Gasteiger partial charge in [-0.25, -0.2) is 0 Å². The van der Waals surface area contributed by atoms with E-state index in [1.165, 1.54) is 16.0 Å². The number of methoxy groups -OCH3 is 1. The van der Waals surface area contributed by atoms with Crippen LogP contribution in [0.2, 0.25) is 0 Å². The first kappa shape index (κ1) is 20.0. The van der Waals surface area contributed by atoms with Crippen LogP contribution in [0.25, 0.3) is 0 Å². The Hall–Kier alpha value is -3.60. The van der Waals surface area contributed by atoms with Gasteiger partial charge in [0.2, 0.25) is 11.8 Å². The van der Waals surface area contributed by atoms with Crippen molar-refractivity contribution < 1.29 is 14.3 Å². The van der Waals surface area contributed by atoms with Crippen LogP contribution in [-0.4, -0.2) is 30.4 Å². The number of carbonyl (C=O) groups excluding carboxylic acids is 2. The molecule has 0 N–H and O–H groups in total. The van der Waals surface area contributed by atoms with Crippen LogP contribution in [0.3, 0.4) is 0 Å². The number of anilines is 1.